The summed E-state index contributed by atoms with van der Waals surface area (Å²) in [6, 6.07) is 9.07. The van der Waals surface area contributed by atoms with E-state index in [0.717, 1.165) is 23.6 Å². The third-order valence-corrected chi connectivity index (χ3v) is 5.86. The molecule has 2 heteroatoms. The van der Waals surface area contributed by atoms with Crippen molar-refractivity contribution in [3.05, 3.63) is 29.8 Å². The second kappa shape index (κ2) is 7.19. The molecule has 1 aromatic carbocycles. The highest BCUT2D eigenvalue weighted by atomic mass is 32.2. The van der Waals surface area contributed by atoms with Crippen molar-refractivity contribution >= 4 is 11.8 Å². The molecule has 3 atom stereocenters. The highest BCUT2D eigenvalue weighted by Crippen LogP contribution is 2.38. The molecule has 118 valence electrons. The lowest BCUT2D eigenvalue weighted by molar-refractivity contribution is 0.283. The van der Waals surface area contributed by atoms with Gasteiger partial charge >= 0.3 is 0 Å². The number of nitrogens with one attached hydrogen (secondary N) is 1. The minimum absolute atomic E-state index is 0.179. The summed E-state index contributed by atoms with van der Waals surface area (Å²) in [6.45, 7) is 12.4. The molecule has 0 amide bonds. The van der Waals surface area contributed by atoms with Crippen LogP contribution in [0.2, 0.25) is 0 Å². The highest BCUT2D eigenvalue weighted by molar-refractivity contribution is 8.00. The summed E-state index contributed by atoms with van der Waals surface area (Å²) in [5.41, 5.74) is 1.57. The zero-order valence-corrected chi connectivity index (χ0v) is 15.1. The molecule has 0 radical (unpaired) electrons. The molecule has 0 aromatic heterocycles. The van der Waals surface area contributed by atoms with Gasteiger partial charge in [0.05, 0.1) is 0 Å². The van der Waals surface area contributed by atoms with Gasteiger partial charge in [-0.1, -0.05) is 26.0 Å². The molecule has 1 N–H and O–H groups in total. The average Bonchev–Trinajstić information content (AvgIpc) is 2.40. The van der Waals surface area contributed by atoms with Crippen molar-refractivity contribution in [1.82, 2.24) is 5.32 Å². The van der Waals surface area contributed by atoms with E-state index in [1.54, 1.807) is 0 Å². The van der Waals surface area contributed by atoms with Crippen LogP contribution in [0.25, 0.3) is 0 Å². The lowest BCUT2D eigenvalue weighted by Crippen LogP contribution is -2.35. The van der Waals surface area contributed by atoms with E-state index in [1.807, 2.05) is 0 Å². The predicted molar refractivity (Wildman–Crippen MR) is 94.9 cm³/mol. The molecule has 0 heterocycles. The fraction of sp³-hybridized carbons (Fsp3) is 0.684. The summed E-state index contributed by atoms with van der Waals surface area (Å²) in [5, 5.41) is 4.38. The maximum atomic E-state index is 3.57. The van der Waals surface area contributed by atoms with E-state index in [-0.39, 0.29) is 5.54 Å². The summed E-state index contributed by atoms with van der Waals surface area (Å²) in [4.78, 5) is 1.44. The normalized spacial score (nSPS) is 26.8. The number of hydrogen-bond acceptors (Lipinski definition) is 2. The molecule has 1 aliphatic rings. The van der Waals surface area contributed by atoms with Crippen LogP contribution in [0.4, 0.5) is 0 Å². The van der Waals surface area contributed by atoms with Gasteiger partial charge in [-0.05, 0) is 69.6 Å². The molecule has 1 aliphatic carbocycles. The minimum atomic E-state index is 0.179. The lowest BCUT2D eigenvalue weighted by Gasteiger charge is -2.31. The van der Waals surface area contributed by atoms with Crippen molar-refractivity contribution in [3.8, 4) is 0 Å². The van der Waals surface area contributed by atoms with Crippen molar-refractivity contribution in [2.45, 2.75) is 76.1 Å². The summed E-state index contributed by atoms with van der Waals surface area (Å²) < 4.78 is 0. The molecule has 1 nitrogen and oxygen atoms in total. The quantitative estimate of drug-likeness (QED) is 0.789. The Balaban J connectivity index is 1.92. The second-order valence-electron chi connectivity index (χ2n) is 7.76. The van der Waals surface area contributed by atoms with Crippen LogP contribution in [0.3, 0.4) is 0 Å². The van der Waals surface area contributed by atoms with Gasteiger partial charge in [0.15, 0.2) is 0 Å². The standard InChI is InChI=1S/C19H31NS/c1-14-9-10-18(11-15(14)2)21-17-8-6-7-16(12-17)13-20-19(3,4)5/h6-8,12,14-15,18,20H,9-11,13H2,1-5H3. The molecule has 21 heavy (non-hydrogen) atoms. The molecule has 0 bridgehead atoms. The first kappa shape index (κ1) is 16.9. The maximum Gasteiger partial charge on any atom is 0.0210 e. The van der Waals surface area contributed by atoms with Gasteiger partial charge in [0.1, 0.15) is 0 Å². The molecule has 0 aliphatic heterocycles. The van der Waals surface area contributed by atoms with E-state index in [1.165, 1.54) is 29.7 Å². The zero-order chi connectivity index (χ0) is 15.5. The topological polar surface area (TPSA) is 12.0 Å². The molecule has 0 spiro atoms. The predicted octanol–water partition coefficient (Wildman–Crippen LogP) is 5.49. The van der Waals surface area contributed by atoms with E-state index in [0.29, 0.717) is 0 Å². The van der Waals surface area contributed by atoms with Crippen LogP contribution in [-0.2, 0) is 6.54 Å². The van der Waals surface area contributed by atoms with Gasteiger partial charge in [0, 0.05) is 22.2 Å². The number of rotatable bonds is 4. The zero-order valence-electron chi connectivity index (χ0n) is 14.3. The van der Waals surface area contributed by atoms with Gasteiger partial charge in [-0.3, -0.25) is 0 Å². The monoisotopic (exact) mass is 305 g/mol. The molecular formula is C19H31NS. The van der Waals surface area contributed by atoms with Crippen LogP contribution in [0.1, 0.15) is 59.4 Å². The Morgan fingerprint density at radius 1 is 1.14 bits per heavy atom. The SMILES string of the molecule is CC1CCC(Sc2cccc(CNC(C)(C)C)c2)CC1C. The highest BCUT2D eigenvalue weighted by Gasteiger charge is 2.25. The molecular weight excluding hydrogens is 274 g/mol. The van der Waals surface area contributed by atoms with Crippen molar-refractivity contribution in [2.24, 2.45) is 11.8 Å². The van der Waals surface area contributed by atoms with E-state index in [4.69, 9.17) is 0 Å². The first-order valence-corrected chi connectivity index (χ1v) is 9.22. The van der Waals surface area contributed by atoms with E-state index in [2.05, 4.69) is 76.0 Å². The minimum Gasteiger partial charge on any atom is -0.308 e. The average molecular weight is 306 g/mol. The van der Waals surface area contributed by atoms with E-state index < -0.39 is 0 Å². The van der Waals surface area contributed by atoms with Gasteiger partial charge in [-0.2, -0.15) is 0 Å². The third-order valence-electron chi connectivity index (χ3n) is 4.57. The largest absolute Gasteiger partial charge is 0.308 e. The number of hydrogen-bond donors (Lipinski definition) is 1. The van der Waals surface area contributed by atoms with Crippen LogP contribution in [-0.4, -0.2) is 10.8 Å². The Morgan fingerprint density at radius 2 is 1.90 bits per heavy atom. The first-order chi connectivity index (χ1) is 9.83. The van der Waals surface area contributed by atoms with Crippen molar-refractivity contribution in [2.75, 3.05) is 0 Å². The smallest absolute Gasteiger partial charge is 0.0210 e. The van der Waals surface area contributed by atoms with Crippen molar-refractivity contribution in [1.29, 1.82) is 0 Å². The Hall–Kier alpha value is -0.470. The van der Waals surface area contributed by atoms with Gasteiger partial charge in [-0.25, -0.2) is 0 Å². The van der Waals surface area contributed by atoms with Crippen LogP contribution >= 0.6 is 11.8 Å². The fourth-order valence-electron chi connectivity index (χ4n) is 2.89. The fourth-order valence-corrected chi connectivity index (χ4v) is 4.31. The molecule has 1 aromatic rings. The van der Waals surface area contributed by atoms with Crippen molar-refractivity contribution < 1.29 is 0 Å². The van der Waals surface area contributed by atoms with Gasteiger partial charge in [0.2, 0.25) is 0 Å². The van der Waals surface area contributed by atoms with Crippen LogP contribution < -0.4 is 5.32 Å². The summed E-state index contributed by atoms with van der Waals surface area (Å²) in [7, 11) is 0. The van der Waals surface area contributed by atoms with Crippen LogP contribution in [0.15, 0.2) is 29.2 Å². The molecule has 1 saturated carbocycles. The molecule has 2 rings (SSSR count). The van der Waals surface area contributed by atoms with Gasteiger partial charge < -0.3 is 5.32 Å². The first-order valence-electron chi connectivity index (χ1n) is 8.34. The summed E-state index contributed by atoms with van der Waals surface area (Å²) in [6.07, 6.45) is 4.14. The third kappa shape index (κ3) is 5.67. The van der Waals surface area contributed by atoms with Gasteiger partial charge in [0.25, 0.3) is 0 Å². The summed E-state index contributed by atoms with van der Waals surface area (Å²) in [5.74, 6) is 1.78. The van der Waals surface area contributed by atoms with E-state index >= 15 is 0 Å². The Labute approximate surface area is 135 Å². The number of thioether (sulfide) groups is 1. The lowest BCUT2D eigenvalue weighted by atomic mass is 9.81. The van der Waals surface area contributed by atoms with Crippen molar-refractivity contribution in [3.63, 3.8) is 0 Å². The Kier molecular flexibility index (Phi) is 5.79. The summed E-state index contributed by atoms with van der Waals surface area (Å²) >= 11 is 2.09. The molecule has 3 unspecified atom stereocenters. The second-order valence-corrected chi connectivity index (χ2v) is 9.13. The van der Waals surface area contributed by atoms with E-state index in [9.17, 15) is 0 Å². The molecule has 1 fully saturated rings. The maximum absolute atomic E-state index is 3.57. The Bertz CT molecular complexity index is 449. The van der Waals surface area contributed by atoms with Crippen LogP contribution in [0, 0.1) is 11.8 Å². The molecule has 0 saturated heterocycles. The van der Waals surface area contributed by atoms with Gasteiger partial charge in [-0.15, -0.1) is 11.8 Å². The Morgan fingerprint density at radius 3 is 2.57 bits per heavy atom. The number of benzene rings is 1. The van der Waals surface area contributed by atoms with Crippen LogP contribution in [0.5, 0.6) is 0 Å².